The lowest BCUT2D eigenvalue weighted by molar-refractivity contribution is 0.403. The molecule has 5 nitrogen and oxygen atoms in total. The molecule has 1 unspecified atom stereocenters. The third kappa shape index (κ3) is 3.12. The Labute approximate surface area is 113 Å². The Hall–Kier alpha value is -1.88. The van der Waals surface area contributed by atoms with Crippen molar-refractivity contribution < 1.29 is 4.74 Å². The number of nitrogens with zero attached hydrogens (tertiary/aromatic N) is 3. The van der Waals surface area contributed by atoms with E-state index < -0.39 is 0 Å². The molecule has 0 aliphatic carbocycles. The van der Waals surface area contributed by atoms with E-state index in [0.717, 1.165) is 17.8 Å². The fourth-order valence-electron chi connectivity index (χ4n) is 2.02. The van der Waals surface area contributed by atoms with Crippen LogP contribution in [0.5, 0.6) is 11.8 Å². The summed E-state index contributed by atoms with van der Waals surface area (Å²) in [6.45, 7) is 7.02. The Morgan fingerprint density at radius 1 is 1.47 bits per heavy atom. The summed E-state index contributed by atoms with van der Waals surface area (Å²) in [5.74, 6) is 1.32. The molecule has 2 rings (SSSR count). The predicted molar refractivity (Wildman–Crippen MR) is 74.3 cm³/mol. The highest BCUT2D eigenvalue weighted by Crippen LogP contribution is 2.27. The summed E-state index contributed by atoms with van der Waals surface area (Å²) in [7, 11) is 1.86. The maximum atomic E-state index is 5.88. The molecule has 0 amide bonds. The molecule has 0 radical (unpaired) electrons. The Balaban J connectivity index is 2.27. The molecule has 0 aliphatic rings. The van der Waals surface area contributed by atoms with Crippen molar-refractivity contribution in [1.29, 1.82) is 0 Å². The van der Waals surface area contributed by atoms with Gasteiger partial charge < -0.3 is 10.1 Å². The Morgan fingerprint density at radius 3 is 2.89 bits per heavy atom. The Morgan fingerprint density at radius 2 is 2.26 bits per heavy atom. The first-order chi connectivity index (χ1) is 9.11. The molecule has 0 saturated carbocycles. The van der Waals surface area contributed by atoms with E-state index in [9.17, 15) is 0 Å². The summed E-state index contributed by atoms with van der Waals surface area (Å²) in [6.07, 6.45) is 1.74. The quantitative estimate of drug-likeness (QED) is 0.897. The van der Waals surface area contributed by atoms with Gasteiger partial charge in [-0.1, -0.05) is 13.0 Å². The molecule has 1 N–H and O–H groups in total. The fourth-order valence-corrected chi connectivity index (χ4v) is 2.02. The van der Waals surface area contributed by atoms with Gasteiger partial charge in [0.15, 0.2) is 0 Å². The van der Waals surface area contributed by atoms with E-state index in [4.69, 9.17) is 4.74 Å². The van der Waals surface area contributed by atoms with E-state index in [1.165, 1.54) is 0 Å². The molecule has 2 aromatic rings. The van der Waals surface area contributed by atoms with Crippen molar-refractivity contribution in [3.05, 3.63) is 35.7 Å². The highest BCUT2D eigenvalue weighted by molar-refractivity contribution is 5.32. The van der Waals surface area contributed by atoms with E-state index in [1.807, 2.05) is 32.2 Å². The smallest absolute Gasteiger partial charge is 0.226 e. The second-order valence-electron chi connectivity index (χ2n) is 4.53. The first kappa shape index (κ1) is 13.5. The molecule has 2 aromatic heterocycles. The van der Waals surface area contributed by atoms with Crippen molar-refractivity contribution >= 4 is 0 Å². The minimum atomic E-state index is 0.197. The third-order valence-electron chi connectivity index (χ3n) is 2.94. The number of aromatic nitrogens is 3. The maximum Gasteiger partial charge on any atom is 0.226 e. The van der Waals surface area contributed by atoms with E-state index in [1.54, 1.807) is 10.9 Å². The highest BCUT2D eigenvalue weighted by atomic mass is 16.5. The Bertz CT molecular complexity index is 550. The zero-order chi connectivity index (χ0) is 13.8. The molecule has 19 heavy (non-hydrogen) atoms. The number of aryl methyl sites for hydroxylation is 2. The van der Waals surface area contributed by atoms with Crippen molar-refractivity contribution in [2.24, 2.45) is 7.05 Å². The summed E-state index contributed by atoms with van der Waals surface area (Å²) in [5, 5.41) is 7.63. The van der Waals surface area contributed by atoms with Crippen LogP contribution >= 0.6 is 0 Å². The average molecular weight is 260 g/mol. The summed E-state index contributed by atoms with van der Waals surface area (Å²) >= 11 is 0. The topological polar surface area (TPSA) is 52.0 Å². The Kier molecular flexibility index (Phi) is 4.16. The van der Waals surface area contributed by atoms with Crippen LogP contribution in [0.25, 0.3) is 0 Å². The first-order valence-electron chi connectivity index (χ1n) is 6.48. The zero-order valence-electron chi connectivity index (χ0n) is 11.8. The summed E-state index contributed by atoms with van der Waals surface area (Å²) in [4.78, 5) is 4.32. The molecule has 1 atom stereocenters. The van der Waals surface area contributed by atoms with Crippen LogP contribution in [0, 0.1) is 6.92 Å². The predicted octanol–water partition coefficient (Wildman–Crippen LogP) is 2.59. The number of nitrogens with one attached hydrogen (secondary N) is 1. The van der Waals surface area contributed by atoms with Gasteiger partial charge in [0.2, 0.25) is 11.8 Å². The van der Waals surface area contributed by atoms with Gasteiger partial charge in [0.25, 0.3) is 0 Å². The van der Waals surface area contributed by atoms with Crippen LogP contribution in [0.3, 0.4) is 0 Å². The van der Waals surface area contributed by atoms with Crippen molar-refractivity contribution in [3.8, 4) is 11.8 Å². The van der Waals surface area contributed by atoms with E-state index in [2.05, 4.69) is 29.2 Å². The van der Waals surface area contributed by atoms with Gasteiger partial charge >= 0.3 is 0 Å². The van der Waals surface area contributed by atoms with Gasteiger partial charge in [0, 0.05) is 30.9 Å². The van der Waals surface area contributed by atoms with Crippen molar-refractivity contribution in [2.75, 3.05) is 6.54 Å². The molecule has 0 spiro atoms. The monoisotopic (exact) mass is 260 g/mol. The summed E-state index contributed by atoms with van der Waals surface area (Å²) in [5.41, 5.74) is 1.97. The largest absolute Gasteiger partial charge is 0.421 e. The van der Waals surface area contributed by atoms with Crippen LogP contribution in [0.15, 0.2) is 24.4 Å². The van der Waals surface area contributed by atoms with Crippen LogP contribution in [0.2, 0.25) is 0 Å². The number of rotatable bonds is 5. The molecule has 0 bridgehead atoms. The SMILES string of the molecule is CCNC(C)c1cccnc1Oc1cc(C)nn1C. The van der Waals surface area contributed by atoms with Crippen LogP contribution in [0.4, 0.5) is 0 Å². The second kappa shape index (κ2) is 5.84. The molecule has 0 fully saturated rings. The van der Waals surface area contributed by atoms with E-state index >= 15 is 0 Å². The normalized spacial score (nSPS) is 12.4. The summed E-state index contributed by atoms with van der Waals surface area (Å²) in [6, 6.07) is 6.04. The van der Waals surface area contributed by atoms with Crippen molar-refractivity contribution in [3.63, 3.8) is 0 Å². The minimum Gasteiger partial charge on any atom is -0.421 e. The van der Waals surface area contributed by atoms with Crippen LogP contribution in [-0.4, -0.2) is 21.3 Å². The average Bonchev–Trinajstić information content (AvgIpc) is 2.69. The van der Waals surface area contributed by atoms with E-state index in [0.29, 0.717) is 11.8 Å². The van der Waals surface area contributed by atoms with Crippen LogP contribution < -0.4 is 10.1 Å². The van der Waals surface area contributed by atoms with Gasteiger partial charge in [-0.05, 0) is 26.5 Å². The number of hydrogen-bond acceptors (Lipinski definition) is 4. The van der Waals surface area contributed by atoms with Gasteiger partial charge in [-0.15, -0.1) is 0 Å². The maximum absolute atomic E-state index is 5.88. The molecule has 102 valence electrons. The van der Waals surface area contributed by atoms with Crippen LogP contribution in [-0.2, 0) is 7.05 Å². The zero-order valence-corrected chi connectivity index (χ0v) is 11.8. The fraction of sp³-hybridized carbons (Fsp3) is 0.429. The summed E-state index contributed by atoms with van der Waals surface area (Å²) < 4.78 is 7.59. The molecule has 0 aliphatic heterocycles. The molecule has 2 heterocycles. The molecule has 5 heteroatoms. The lowest BCUT2D eigenvalue weighted by atomic mass is 10.1. The van der Waals surface area contributed by atoms with Gasteiger partial charge in [-0.3, -0.25) is 0 Å². The lowest BCUT2D eigenvalue weighted by Crippen LogP contribution is -2.18. The first-order valence-corrected chi connectivity index (χ1v) is 6.48. The number of ether oxygens (including phenoxy) is 1. The molecule has 0 aromatic carbocycles. The van der Waals surface area contributed by atoms with Gasteiger partial charge in [0.05, 0.1) is 5.69 Å². The minimum absolute atomic E-state index is 0.197. The van der Waals surface area contributed by atoms with Gasteiger partial charge in [0.1, 0.15) is 0 Å². The third-order valence-corrected chi connectivity index (χ3v) is 2.94. The van der Waals surface area contributed by atoms with Gasteiger partial charge in [-0.2, -0.15) is 5.10 Å². The number of hydrogen-bond donors (Lipinski definition) is 1. The lowest BCUT2D eigenvalue weighted by Gasteiger charge is -2.16. The van der Waals surface area contributed by atoms with Crippen molar-refractivity contribution in [2.45, 2.75) is 26.8 Å². The molecular formula is C14H20N4O. The highest BCUT2D eigenvalue weighted by Gasteiger charge is 2.14. The van der Waals surface area contributed by atoms with Gasteiger partial charge in [-0.25, -0.2) is 9.67 Å². The molecule has 0 saturated heterocycles. The standard InChI is InChI=1S/C14H20N4O/c1-5-15-11(3)12-7-6-8-16-14(12)19-13-9-10(2)17-18(13)4/h6-9,11,15H,5H2,1-4H3. The number of pyridine rings is 1. The van der Waals surface area contributed by atoms with E-state index in [-0.39, 0.29) is 6.04 Å². The van der Waals surface area contributed by atoms with Crippen LogP contribution in [0.1, 0.15) is 31.1 Å². The van der Waals surface area contributed by atoms with Crippen molar-refractivity contribution in [1.82, 2.24) is 20.1 Å². The second-order valence-corrected chi connectivity index (χ2v) is 4.53. The molecular weight excluding hydrogens is 240 g/mol.